The lowest BCUT2D eigenvalue weighted by atomic mass is 10.0. The zero-order valence-electron chi connectivity index (χ0n) is 14.3. The first-order chi connectivity index (χ1) is 12.7. The second kappa shape index (κ2) is 5.77. The Morgan fingerprint density at radius 2 is 1.65 bits per heavy atom. The van der Waals surface area contributed by atoms with Crippen LogP contribution in [0.1, 0.15) is 36.0 Å². The van der Waals surface area contributed by atoms with Crippen LogP contribution in [0.4, 0.5) is 5.69 Å². The predicted molar refractivity (Wildman–Crippen MR) is 101 cm³/mol. The molecule has 1 N–H and O–H groups in total. The molecule has 1 heterocycles. The Morgan fingerprint density at radius 1 is 0.885 bits per heavy atom. The minimum absolute atomic E-state index is 0.128. The summed E-state index contributed by atoms with van der Waals surface area (Å²) in [6, 6.07) is 19.2. The lowest BCUT2D eigenvalue weighted by Crippen LogP contribution is -2.34. The maximum absolute atomic E-state index is 12.8. The first kappa shape index (κ1) is 15.3. The van der Waals surface area contributed by atoms with Gasteiger partial charge in [0.25, 0.3) is 11.7 Å². The molecule has 2 aliphatic rings. The van der Waals surface area contributed by atoms with Crippen LogP contribution < -0.4 is 14.8 Å². The first-order valence-electron chi connectivity index (χ1n) is 9.04. The smallest absolute Gasteiger partial charge is 0.256 e. The molecule has 5 rings (SSSR count). The van der Waals surface area contributed by atoms with Gasteiger partial charge in [0.2, 0.25) is 0 Å². The third-order valence-corrected chi connectivity index (χ3v) is 5.19. The number of rotatable bonds is 2. The van der Waals surface area contributed by atoms with Crippen LogP contribution in [0.3, 0.4) is 0 Å². The Hall–Kier alpha value is -3.01. The van der Waals surface area contributed by atoms with E-state index in [-0.39, 0.29) is 5.91 Å². The molecule has 1 saturated carbocycles. The number of amides is 1. The number of carbonyl (C=O) groups is 1. The van der Waals surface area contributed by atoms with Crippen LogP contribution in [0.5, 0.6) is 11.5 Å². The van der Waals surface area contributed by atoms with Gasteiger partial charge in [-0.3, -0.25) is 4.79 Å². The van der Waals surface area contributed by atoms with Crippen LogP contribution in [-0.4, -0.2) is 11.7 Å². The van der Waals surface area contributed by atoms with Crippen molar-refractivity contribution in [2.75, 3.05) is 5.32 Å². The zero-order valence-corrected chi connectivity index (χ0v) is 14.3. The highest BCUT2D eigenvalue weighted by atomic mass is 16.7. The van der Waals surface area contributed by atoms with Crippen molar-refractivity contribution in [1.82, 2.24) is 0 Å². The van der Waals surface area contributed by atoms with Crippen LogP contribution in [0.15, 0.2) is 60.7 Å². The van der Waals surface area contributed by atoms with Crippen molar-refractivity contribution in [1.29, 1.82) is 0 Å². The molecule has 0 saturated heterocycles. The summed E-state index contributed by atoms with van der Waals surface area (Å²) in [5.74, 6) is 0.856. The highest BCUT2D eigenvalue weighted by Crippen LogP contribution is 2.47. The molecule has 0 aromatic heterocycles. The van der Waals surface area contributed by atoms with Crippen LogP contribution in [0.25, 0.3) is 10.8 Å². The number of hydrogen-bond acceptors (Lipinski definition) is 3. The molecule has 0 radical (unpaired) electrons. The summed E-state index contributed by atoms with van der Waals surface area (Å²) in [6.07, 6.45) is 4.08. The fourth-order valence-electron chi connectivity index (χ4n) is 3.91. The molecule has 130 valence electrons. The zero-order chi connectivity index (χ0) is 17.6. The maximum atomic E-state index is 12.8. The number of ether oxygens (including phenoxy) is 2. The summed E-state index contributed by atoms with van der Waals surface area (Å²) in [6.45, 7) is 0. The van der Waals surface area contributed by atoms with Crippen molar-refractivity contribution < 1.29 is 14.3 Å². The van der Waals surface area contributed by atoms with Gasteiger partial charge in [0.05, 0.1) is 0 Å². The molecular weight excluding hydrogens is 326 g/mol. The molecule has 3 aromatic rings. The molecule has 3 aromatic carbocycles. The lowest BCUT2D eigenvalue weighted by molar-refractivity contribution is -0.0716. The van der Waals surface area contributed by atoms with E-state index in [1.165, 1.54) is 0 Å². The van der Waals surface area contributed by atoms with Crippen molar-refractivity contribution in [3.8, 4) is 11.5 Å². The number of fused-ring (bicyclic) bond motifs is 2. The third kappa shape index (κ3) is 2.49. The fraction of sp³-hybridized carbons (Fsp3) is 0.227. The average Bonchev–Trinajstić information content (AvgIpc) is 3.26. The largest absolute Gasteiger partial charge is 0.448 e. The number of anilines is 1. The summed E-state index contributed by atoms with van der Waals surface area (Å²) in [5, 5.41) is 4.98. The first-order valence-corrected chi connectivity index (χ1v) is 9.04. The van der Waals surface area contributed by atoms with Gasteiger partial charge in [0.15, 0.2) is 11.5 Å². The normalized spacial score (nSPS) is 16.9. The Morgan fingerprint density at radius 3 is 2.54 bits per heavy atom. The van der Waals surface area contributed by atoms with E-state index in [4.69, 9.17) is 9.47 Å². The highest BCUT2D eigenvalue weighted by Gasteiger charge is 2.44. The van der Waals surface area contributed by atoms with E-state index in [2.05, 4.69) is 5.32 Å². The highest BCUT2D eigenvalue weighted by molar-refractivity contribution is 6.13. The molecule has 1 aliphatic heterocycles. The second-order valence-corrected chi connectivity index (χ2v) is 6.96. The van der Waals surface area contributed by atoms with Gasteiger partial charge in [0.1, 0.15) is 0 Å². The van der Waals surface area contributed by atoms with E-state index in [0.717, 1.165) is 42.2 Å². The van der Waals surface area contributed by atoms with Crippen molar-refractivity contribution in [2.45, 2.75) is 31.5 Å². The van der Waals surface area contributed by atoms with Gasteiger partial charge < -0.3 is 14.8 Å². The molecule has 26 heavy (non-hydrogen) atoms. The molecule has 0 atom stereocenters. The van der Waals surface area contributed by atoms with Crippen LogP contribution in [-0.2, 0) is 0 Å². The summed E-state index contributed by atoms with van der Waals surface area (Å²) in [4.78, 5) is 12.8. The quantitative estimate of drug-likeness (QED) is 0.700. The van der Waals surface area contributed by atoms with E-state index in [1.54, 1.807) is 0 Å². The van der Waals surface area contributed by atoms with Gasteiger partial charge in [-0.05, 0) is 41.8 Å². The van der Waals surface area contributed by atoms with Crippen LogP contribution >= 0.6 is 0 Å². The number of nitrogens with one attached hydrogen (secondary N) is 1. The second-order valence-electron chi connectivity index (χ2n) is 6.96. The van der Waals surface area contributed by atoms with Crippen molar-refractivity contribution >= 4 is 22.4 Å². The number of benzene rings is 3. The van der Waals surface area contributed by atoms with Crippen LogP contribution in [0, 0.1) is 0 Å². The van der Waals surface area contributed by atoms with E-state index < -0.39 is 5.79 Å². The molecular formula is C22H19NO3. The van der Waals surface area contributed by atoms with Gasteiger partial charge in [-0.25, -0.2) is 0 Å². The molecule has 1 amide bonds. The summed E-state index contributed by atoms with van der Waals surface area (Å²) < 4.78 is 12.1. The average molecular weight is 345 g/mol. The number of hydrogen-bond donors (Lipinski definition) is 1. The SMILES string of the molecule is O=C(Nc1ccc2c(c1)OC1(CCCC1)O2)c1cccc2ccccc12. The Bertz CT molecular complexity index is 1000. The van der Waals surface area contributed by atoms with Gasteiger partial charge in [0, 0.05) is 30.2 Å². The van der Waals surface area contributed by atoms with Crippen molar-refractivity contribution in [2.24, 2.45) is 0 Å². The Labute approximate surface area is 151 Å². The van der Waals surface area contributed by atoms with E-state index in [1.807, 2.05) is 60.7 Å². The van der Waals surface area contributed by atoms with E-state index >= 15 is 0 Å². The molecule has 0 bridgehead atoms. The standard InChI is InChI=1S/C22H19NO3/c24-21(18-9-5-7-15-6-1-2-8-17(15)18)23-16-10-11-19-20(14-16)26-22(25-19)12-3-4-13-22/h1-2,5-11,14H,3-4,12-13H2,(H,23,24). The van der Waals surface area contributed by atoms with Gasteiger partial charge in [-0.1, -0.05) is 36.4 Å². The molecule has 4 nitrogen and oxygen atoms in total. The van der Waals surface area contributed by atoms with E-state index in [9.17, 15) is 4.79 Å². The minimum atomic E-state index is -0.486. The third-order valence-electron chi connectivity index (χ3n) is 5.19. The maximum Gasteiger partial charge on any atom is 0.256 e. The number of carbonyl (C=O) groups excluding carboxylic acids is 1. The predicted octanol–water partition coefficient (Wildman–Crippen LogP) is 5.13. The van der Waals surface area contributed by atoms with Gasteiger partial charge in [-0.15, -0.1) is 0 Å². The molecule has 1 spiro atoms. The lowest BCUT2D eigenvalue weighted by Gasteiger charge is -2.21. The monoisotopic (exact) mass is 345 g/mol. The fourth-order valence-corrected chi connectivity index (χ4v) is 3.91. The van der Waals surface area contributed by atoms with Crippen molar-refractivity contribution in [3.05, 3.63) is 66.2 Å². The van der Waals surface area contributed by atoms with Crippen molar-refractivity contribution in [3.63, 3.8) is 0 Å². The molecule has 1 fully saturated rings. The summed E-state index contributed by atoms with van der Waals surface area (Å²) in [7, 11) is 0. The van der Waals surface area contributed by atoms with E-state index in [0.29, 0.717) is 17.0 Å². The molecule has 4 heteroatoms. The van der Waals surface area contributed by atoms with Gasteiger partial charge in [-0.2, -0.15) is 0 Å². The summed E-state index contributed by atoms with van der Waals surface area (Å²) in [5.41, 5.74) is 1.37. The Kier molecular flexibility index (Phi) is 3.38. The Balaban J connectivity index is 1.41. The van der Waals surface area contributed by atoms with Gasteiger partial charge >= 0.3 is 0 Å². The summed E-state index contributed by atoms with van der Waals surface area (Å²) >= 11 is 0. The topological polar surface area (TPSA) is 47.6 Å². The molecule has 0 unspecified atom stereocenters. The minimum Gasteiger partial charge on any atom is -0.448 e. The molecule has 1 aliphatic carbocycles. The van der Waals surface area contributed by atoms with Crippen LogP contribution in [0.2, 0.25) is 0 Å².